The van der Waals surface area contributed by atoms with E-state index in [1.54, 1.807) is 24.4 Å². The number of aryl methyl sites for hydroxylation is 1. The molecule has 0 spiro atoms. The molecule has 0 aliphatic heterocycles. The Kier molecular flexibility index (Phi) is 4.41. The minimum atomic E-state index is -0.172. The van der Waals surface area contributed by atoms with E-state index in [2.05, 4.69) is 10.4 Å². The number of hydrogen-bond acceptors (Lipinski definition) is 3. The second-order valence-electron chi connectivity index (χ2n) is 4.15. The van der Waals surface area contributed by atoms with Crippen LogP contribution >= 0.6 is 11.6 Å². The maximum Gasteiger partial charge on any atom is 0.251 e. The molecule has 1 aromatic heterocycles. The van der Waals surface area contributed by atoms with Crippen molar-refractivity contribution in [1.82, 2.24) is 15.1 Å². The zero-order chi connectivity index (χ0) is 13.7. The molecule has 19 heavy (non-hydrogen) atoms. The van der Waals surface area contributed by atoms with Gasteiger partial charge in [-0.25, -0.2) is 0 Å². The zero-order valence-corrected chi connectivity index (χ0v) is 11.1. The Bertz CT molecular complexity index is 534. The van der Waals surface area contributed by atoms with Crippen LogP contribution < -0.4 is 11.1 Å². The first-order valence-corrected chi connectivity index (χ1v) is 6.34. The Morgan fingerprint density at radius 2 is 2.26 bits per heavy atom. The van der Waals surface area contributed by atoms with Crippen LogP contribution in [0.4, 0.5) is 5.69 Å². The van der Waals surface area contributed by atoms with Crippen LogP contribution in [0.5, 0.6) is 0 Å². The number of nitrogens with zero attached hydrogens (tertiary/aromatic N) is 2. The number of rotatable bonds is 5. The van der Waals surface area contributed by atoms with Crippen molar-refractivity contribution in [3.63, 3.8) is 0 Å². The molecule has 0 bridgehead atoms. The van der Waals surface area contributed by atoms with Crippen LogP contribution in [0, 0.1) is 0 Å². The number of nitrogens with two attached hydrogens (primary N) is 1. The van der Waals surface area contributed by atoms with E-state index >= 15 is 0 Å². The highest BCUT2D eigenvalue weighted by atomic mass is 35.5. The summed E-state index contributed by atoms with van der Waals surface area (Å²) in [6.45, 7) is 1.34. The summed E-state index contributed by atoms with van der Waals surface area (Å²) in [5.74, 6) is -0.172. The third-order valence-electron chi connectivity index (χ3n) is 2.59. The van der Waals surface area contributed by atoms with Crippen molar-refractivity contribution in [1.29, 1.82) is 0 Å². The molecule has 1 amide bonds. The monoisotopic (exact) mass is 278 g/mol. The molecule has 100 valence electrons. The minimum absolute atomic E-state index is 0.172. The fraction of sp³-hybridized carbons (Fsp3) is 0.231. The third-order valence-corrected chi connectivity index (χ3v) is 2.81. The van der Waals surface area contributed by atoms with Crippen LogP contribution in [0.1, 0.15) is 16.8 Å². The number of amides is 1. The van der Waals surface area contributed by atoms with Crippen LogP contribution in [-0.2, 0) is 6.54 Å². The summed E-state index contributed by atoms with van der Waals surface area (Å²) in [5.41, 5.74) is 6.60. The zero-order valence-electron chi connectivity index (χ0n) is 10.3. The van der Waals surface area contributed by atoms with Gasteiger partial charge < -0.3 is 11.1 Å². The Balaban J connectivity index is 1.80. The lowest BCUT2D eigenvalue weighted by Gasteiger charge is -2.06. The van der Waals surface area contributed by atoms with Gasteiger partial charge in [0.1, 0.15) is 0 Å². The molecule has 0 radical (unpaired) electrons. The summed E-state index contributed by atoms with van der Waals surface area (Å²) in [5, 5.41) is 7.37. The van der Waals surface area contributed by atoms with Crippen molar-refractivity contribution in [2.24, 2.45) is 0 Å². The molecule has 2 aromatic rings. The van der Waals surface area contributed by atoms with Gasteiger partial charge in [0.15, 0.2) is 0 Å². The standard InChI is InChI=1S/C13H15ClN4O/c14-11-7-10(8-12(15)9-11)13(19)16-3-1-5-18-6-2-4-17-18/h2,4,6-9H,1,3,5,15H2,(H,16,19). The molecule has 1 aromatic carbocycles. The number of anilines is 1. The van der Waals surface area contributed by atoms with Crippen molar-refractivity contribution in [3.05, 3.63) is 47.2 Å². The predicted molar refractivity (Wildman–Crippen MR) is 75.0 cm³/mol. The van der Waals surface area contributed by atoms with E-state index in [0.29, 0.717) is 22.8 Å². The minimum Gasteiger partial charge on any atom is -0.399 e. The molecule has 6 heteroatoms. The van der Waals surface area contributed by atoms with Crippen molar-refractivity contribution >= 4 is 23.2 Å². The maximum atomic E-state index is 11.9. The van der Waals surface area contributed by atoms with Gasteiger partial charge in [-0.2, -0.15) is 5.10 Å². The van der Waals surface area contributed by atoms with Crippen LogP contribution in [-0.4, -0.2) is 22.2 Å². The van der Waals surface area contributed by atoms with Crippen molar-refractivity contribution in [3.8, 4) is 0 Å². The number of halogens is 1. The van der Waals surface area contributed by atoms with E-state index in [0.717, 1.165) is 13.0 Å². The largest absolute Gasteiger partial charge is 0.399 e. The summed E-state index contributed by atoms with van der Waals surface area (Å²) in [6, 6.07) is 6.68. The molecule has 0 aliphatic carbocycles. The topological polar surface area (TPSA) is 72.9 Å². The molecule has 0 saturated heterocycles. The Morgan fingerprint density at radius 1 is 1.42 bits per heavy atom. The number of carbonyl (C=O) groups excluding carboxylic acids is 1. The average Bonchev–Trinajstić information content (AvgIpc) is 2.86. The highest BCUT2D eigenvalue weighted by molar-refractivity contribution is 6.31. The number of aromatic nitrogens is 2. The molecule has 0 aliphatic rings. The molecular weight excluding hydrogens is 264 g/mol. The lowest BCUT2D eigenvalue weighted by molar-refractivity contribution is 0.0952. The highest BCUT2D eigenvalue weighted by Gasteiger charge is 2.06. The SMILES string of the molecule is Nc1cc(Cl)cc(C(=O)NCCCn2cccn2)c1. The summed E-state index contributed by atoms with van der Waals surface area (Å²) >= 11 is 5.85. The summed E-state index contributed by atoms with van der Waals surface area (Å²) in [7, 11) is 0. The lowest BCUT2D eigenvalue weighted by Crippen LogP contribution is -2.25. The maximum absolute atomic E-state index is 11.9. The quantitative estimate of drug-likeness (QED) is 0.648. The first kappa shape index (κ1) is 13.4. The number of nitrogens with one attached hydrogen (secondary N) is 1. The first-order chi connectivity index (χ1) is 9.15. The van der Waals surface area contributed by atoms with Crippen LogP contribution in [0.25, 0.3) is 0 Å². The van der Waals surface area contributed by atoms with Gasteiger partial charge in [0, 0.05) is 41.8 Å². The Hall–Kier alpha value is -2.01. The molecule has 0 fully saturated rings. The molecule has 3 N–H and O–H groups in total. The van der Waals surface area contributed by atoms with Gasteiger partial charge >= 0.3 is 0 Å². The highest BCUT2D eigenvalue weighted by Crippen LogP contribution is 2.16. The van der Waals surface area contributed by atoms with E-state index in [-0.39, 0.29) is 5.91 Å². The smallest absolute Gasteiger partial charge is 0.251 e. The van der Waals surface area contributed by atoms with Gasteiger partial charge in [0.2, 0.25) is 0 Å². The fourth-order valence-electron chi connectivity index (χ4n) is 1.72. The van der Waals surface area contributed by atoms with Crippen molar-refractivity contribution in [2.45, 2.75) is 13.0 Å². The van der Waals surface area contributed by atoms with Crippen LogP contribution in [0.15, 0.2) is 36.7 Å². The fourth-order valence-corrected chi connectivity index (χ4v) is 1.96. The number of benzene rings is 1. The predicted octanol–water partition coefficient (Wildman–Crippen LogP) is 1.94. The van der Waals surface area contributed by atoms with E-state index in [1.165, 1.54) is 0 Å². The van der Waals surface area contributed by atoms with Gasteiger partial charge in [-0.05, 0) is 30.7 Å². The van der Waals surface area contributed by atoms with Gasteiger partial charge in [-0.15, -0.1) is 0 Å². The molecular formula is C13H15ClN4O. The average molecular weight is 279 g/mol. The van der Waals surface area contributed by atoms with Crippen LogP contribution in [0.3, 0.4) is 0 Å². The number of carbonyl (C=O) groups is 1. The van der Waals surface area contributed by atoms with E-state index in [4.69, 9.17) is 17.3 Å². The second-order valence-corrected chi connectivity index (χ2v) is 4.59. The van der Waals surface area contributed by atoms with Crippen molar-refractivity contribution < 1.29 is 4.79 Å². The number of nitrogen functional groups attached to an aromatic ring is 1. The Morgan fingerprint density at radius 3 is 2.95 bits per heavy atom. The third kappa shape index (κ3) is 3.99. The normalized spacial score (nSPS) is 10.4. The van der Waals surface area contributed by atoms with Gasteiger partial charge in [0.05, 0.1) is 0 Å². The van der Waals surface area contributed by atoms with Crippen molar-refractivity contribution in [2.75, 3.05) is 12.3 Å². The van der Waals surface area contributed by atoms with Gasteiger partial charge in [-0.1, -0.05) is 11.6 Å². The summed E-state index contributed by atoms with van der Waals surface area (Å²) < 4.78 is 1.82. The second kappa shape index (κ2) is 6.24. The van der Waals surface area contributed by atoms with E-state index in [9.17, 15) is 4.79 Å². The number of hydrogen-bond donors (Lipinski definition) is 2. The first-order valence-electron chi connectivity index (χ1n) is 5.97. The van der Waals surface area contributed by atoms with E-state index in [1.807, 2.05) is 16.9 Å². The molecule has 1 heterocycles. The molecule has 5 nitrogen and oxygen atoms in total. The molecule has 0 unspecified atom stereocenters. The lowest BCUT2D eigenvalue weighted by atomic mass is 10.2. The van der Waals surface area contributed by atoms with Crippen LogP contribution in [0.2, 0.25) is 5.02 Å². The summed E-state index contributed by atoms with van der Waals surface area (Å²) in [6.07, 6.45) is 4.43. The molecule has 2 rings (SSSR count). The Labute approximate surface area is 116 Å². The van der Waals surface area contributed by atoms with E-state index < -0.39 is 0 Å². The molecule has 0 saturated carbocycles. The van der Waals surface area contributed by atoms with Gasteiger partial charge in [-0.3, -0.25) is 9.48 Å². The molecule has 0 atom stereocenters. The van der Waals surface area contributed by atoms with Gasteiger partial charge in [0.25, 0.3) is 5.91 Å². The summed E-state index contributed by atoms with van der Waals surface area (Å²) in [4.78, 5) is 11.9.